The van der Waals surface area contributed by atoms with Crippen LogP contribution in [0, 0.1) is 11.8 Å². The fraction of sp³-hybridized carbons (Fsp3) is 0.951. The summed E-state index contributed by atoms with van der Waals surface area (Å²) in [6.07, 6.45) is 63.0. The van der Waals surface area contributed by atoms with Gasteiger partial charge in [0.25, 0.3) is 0 Å². The summed E-state index contributed by atoms with van der Waals surface area (Å²) in [5, 5.41) is 10.6. The van der Waals surface area contributed by atoms with Crippen LogP contribution >= 0.6 is 15.6 Å². The van der Waals surface area contributed by atoms with E-state index in [1.807, 2.05) is 0 Å². The van der Waals surface area contributed by atoms with Crippen LogP contribution in [-0.2, 0) is 65.4 Å². The third-order valence-electron chi connectivity index (χ3n) is 19.3. The van der Waals surface area contributed by atoms with Crippen LogP contribution in [0.5, 0.6) is 0 Å². The average Bonchev–Trinajstić information content (AvgIpc) is 0.926. The molecule has 0 rings (SSSR count). The van der Waals surface area contributed by atoms with Crippen molar-refractivity contribution in [3.63, 3.8) is 0 Å². The van der Waals surface area contributed by atoms with Crippen LogP contribution in [0.4, 0.5) is 0 Å². The SMILES string of the molecule is CCCCCCCCCCCCCCCCCCCCCCC(=O)OC[C@H](COP(=O)(O)OC[C@@H](O)COP(=O)(O)OC[C@@H](COC(=O)CCCCCCC)OC(=O)CCCCCCCCCCCCC(C)CC)OC(=O)CCCCCCCCCCCCCCCCCCCCC(C)C. The Bertz CT molecular complexity index is 1930. The number of carbonyl (C=O) groups excluding carboxylic acids is 4. The van der Waals surface area contributed by atoms with Gasteiger partial charge < -0.3 is 33.8 Å². The maximum atomic E-state index is 13.1. The number of hydrogen-bond acceptors (Lipinski definition) is 15. The molecule has 0 saturated heterocycles. The number of aliphatic hydroxyl groups is 1. The number of unbranched alkanes of at least 4 members (excludes halogenated alkanes) is 49. The van der Waals surface area contributed by atoms with E-state index in [9.17, 15) is 43.2 Å². The van der Waals surface area contributed by atoms with Crippen molar-refractivity contribution in [3.8, 4) is 0 Å². The minimum Gasteiger partial charge on any atom is -0.462 e. The maximum Gasteiger partial charge on any atom is 0.472 e. The molecular formula is C81H158O17P2. The van der Waals surface area contributed by atoms with E-state index in [4.69, 9.17) is 37.0 Å². The molecule has 100 heavy (non-hydrogen) atoms. The molecule has 0 aliphatic carbocycles. The van der Waals surface area contributed by atoms with E-state index in [-0.39, 0.29) is 25.7 Å². The van der Waals surface area contributed by atoms with Gasteiger partial charge in [0, 0.05) is 25.7 Å². The average molecular weight is 1470 g/mol. The van der Waals surface area contributed by atoms with E-state index < -0.39 is 97.5 Å². The summed E-state index contributed by atoms with van der Waals surface area (Å²) in [6.45, 7) is 9.60. The number of rotatable bonds is 80. The highest BCUT2D eigenvalue weighted by Crippen LogP contribution is 2.45. The van der Waals surface area contributed by atoms with Gasteiger partial charge in [0.2, 0.25) is 0 Å². The smallest absolute Gasteiger partial charge is 0.462 e. The van der Waals surface area contributed by atoms with Gasteiger partial charge in [-0.05, 0) is 37.5 Å². The first-order valence-electron chi connectivity index (χ1n) is 42.0. The van der Waals surface area contributed by atoms with Crippen LogP contribution in [-0.4, -0.2) is 96.7 Å². The zero-order valence-corrected chi connectivity index (χ0v) is 67.3. The zero-order valence-electron chi connectivity index (χ0n) is 65.5. The Hall–Kier alpha value is -1.94. The molecule has 0 aliphatic rings. The molecular weight excluding hydrogens is 1310 g/mol. The van der Waals surface area contributed by atoms with E-state index >= 15 is 0 Å². The summed E-state index contributed by atoms with van der Waals surface area (Å²) >= 11 is 0. The molecule has 0 fully saturated rings. The number of carbonyl (C=O) groups is 4. The molecule has 19 heteroatoms. The number of ether oxygens (including phenoxy) is 4. The van der Waals surface area contributed by atoms with Crippen molar-refractivity contribution in [1.82, 2.24) is 0 Å². The Morgan fingerprint density at radius 1 is 0.290 bits per heavy atom. The molecule has 17 nitrogen and oxygen atoms in total. The van der Waals surface area contributed by atoms with E-state index in [1.165, 1.54) is 238 Å². The lowest BCUT2D eigenvalue weighted by atomic mass is 9.99. The van der Waals surface area contributed by atoms with Crippen LogP contribution < -0.4 is 0 Å². The van der Waals surface area contributed by atoms with Crippen LogP contribution in [0.3, 0.4) is 0 Å². The molecule has 0 aliphatic heterocycles. The Morgan fingerprint density at radius 2 is 0.510 bits per heavy atom. The first-order chi connectivity index (χ1) is 48.4. The summed E-state index contributed by atoms with van der Waals surface area (Å²) in [7, 11) is -9.91. The van der Waals surface area contributed by atoms with E-state index in [1.54, 1.807) is 0 Å². The van der Waals surface area contributed by atoms with Gasteiger partial charge in [-0.2, -0.15) is 0 Å². The largest absolute Gasteiger partial charge is 0.472 e. The Balaban J connectivity index is 5.12. The number of aliphatic hydroxyl groups excluding tert-OH is 1. The van der Waals surface area contributed by atoms with Crippen LogP contribution in [0.2, 0.25) is 0 Å². The second kappa shape index (κ2) is 72.6. The van der Waals surface area contributed by atoms with Crippen LogP contribution in [0.1, 0.15) is 427 Å². The van der Waals surface area contributed by atoms with Gasteiger partial charge in [-0.1, -0.05) is 375 Å². The van der Waals surface area contributed by atoms with Crippen LogP contribution in [0.15, 0.2) is 0 Å². The lowest BCUT2D eigenvalue weighted by molar-refractivity contribution is -0.161. The highest BCUT2D eigenvalue weighted by Gasteiger charge is 2.30. The Kier molecular flexibility index (Phi) is 71.2. The van der Waals surface area contributed by atoms with Gasteiger partial charge >= 0.3 is 39.5 Å². The quantitative estimate of drug-likeness (QED) is 0.0222. The van der Waals surface area contributed by atoms with Crippen molar-refractivity contribution in [2.45, 2.75) is 445 Å². The number of phosphoric acid groups is 2. The zero-order chi connectivity index (χ0) is 73.5. The Morgan fingerprint density at radius 3 is 0.760 bits per heavy atom. The predicted octanol–water partition coefficient (Wildman–Crippen LogP) is 24.3. The topological polar surface area (TPSA) is 237 Å². The van der Waals surface area contributed by atoms with Crippen molar-refractivity contribution in [2.24, 2.45) is 11.8 Å². The number of esters is 4. The van der Waals surface area contributed by atoms with Gasteiger partial charge in [-0.3, -0.25) is 37.3 Å². The van der Waals surface area contributed by atoms with Gasteiger partial charge in [-0.15, -0.1) is 0 Å². The molecule has 594 valence electrons. The first kappa shape index (κ1) is 98.1. The van der Waals surface area contributed by atoms with E-state index in [0.29, 0.717) is 25.7 Å². The molecule has 0 heterocycles. The predicted molar refractivity (Wildman–Crippen MR) is 409 cm³/mol. The molecule has 0 saturated carbocycles. The molecule has 0 amide bonds. The lowest BCUT2D eigenvalue weighted by Crippen LogP contribution is -2.30. The molecule has 3 unspecified atom stereocenters. The van der Waals surface area contributed by atoms with Crippen molar-refractivity contribution in [3.05, 3.63) is 0 Å². The summed E-state index contributed by atoms with van der Waals surface area (Å²) in [5.74, 6) is -0.498. The van der Waals surface area contributed by atoms with Crippen molar-refractivity contribution in [1.29, 1.82) is 0 Å². The first-order valence-corrected chi connectivity index (χ1v) is 45.0. The minimum atomic E-state index is -4.96. The van der Waals surface area contributed by atoms with Crippen molar-refractivity contribution < 1.29 is 80.2 Å². The third kappa shape index (κ3) is 73.0. The second-order valence-corrected chi connectivity index (χ2v) is 32.8. The van der Waals surface area contributed by atoms with Crippen LogP contribution in [0.25, 0.3) is 0 Å². The highest BCUT2D eigenvalue weighted by atomic mass is 31.2. The van der Waals surface area contributed by atoms with Gasteiger partial charge in [-0.25, -0.2) is 9.13 Å². The monoisotopic (exact) mass is 1470 g/mol. The minimum absolute atomic E-state index is 0.106. The maximum absolute atomic E-state index is 13.1. The molecule has 0 aromatic rings. The highest BCUT2D eigenvalue weighted by molar-refractivity contribution is 7.47. The summed E-state index contributed by atoms with van der Waals surface area (Å²) in [4.78, 5) is 72.7. The summed E-state index contributed by atoms with van der Waals surface area (Å²) < 4.78 is 68.5. The molecule has 0 bridgehead atoms. The number of phosphoric ester groups is 2. The van der Waals surface area contributed by atoms with Gasteiger partial charge in [0.1, 0.15) is 19.3 Å². The standard InChI is InChI=1S/C81H158O17P2/c1-7-10-12-14-15-16-17-18-19-20-21-22-26-29-32-35-41-46-52-58-64-79(84)92-70-77(98-81(86)65-59-53-47-42-36-33-30-27-24-23-25-28-31-34-39-44-50-55-61-73(4)5)72-96-100(89,90)94-68-75(82)67-93-99(87,88)95-71-76(69-91-78(83)63-57-49-13-11-8-2)97-80(85)66-60-54-48-43-38-37-40-45-51-56-62-74(6)9-3/h73-77,82H,7-72H2,1-6H3,(H,87,88)(H,89,90)/t74?,75-,76+,77+/m0/s1. The number of hydrogen-bond donors (Lipinski definition) is 3. The fourth-order valence-electron chi connectivity index (χ4n) is 12.5. The van der Waals surface area contributed by atoms with Crippen molar-refractivity contribution >= 4 is 39.5 Å². The second-order valence-electron chi connectivity index (χ2n) is 29.9. The molecule has 0 radical (unpaired) electrons. The third-order valence-corrected chi connectivity index (χ3v) is 21.2. The van der Waals surface area contributed by atoms with Crippen molar-refractivity contribution in [2.75, 3.05) is 39.6 Å². The van der Waals surface area contributed by atoms with E-state index in [0.717, 1.165) is 108 Å². The van der Waals surface area contributed by atoms with Gasteiger partial charge in [0.15, 0.2) is 12.2 Å². The summed E-state index contributed by atoms with van der Waals surface area (Å²) in [6, 6.07) is 0. The Labute approximate surface area is 613 Å². The van der Waals surface area contributed by atoms with Gasteiger partial charge in [0.05, 0.1) is 26.4 Å². The molecule has 3 N–H and O–H groups in total. The lowest BCUT2D eigenvalue weighted by Gasteiger charge is -2.21. The van der Waals surface area contributed by atoms with E-state index in [2.05, 4.69) is 41.5 Å². The summed E-state index contributed by atoms with van der Waals surface area (Å²) in [5.41, 5.74) is 0. The molecule has 0 aromatic heterocycles. The molecule has 6 atom stereocenters. The normalized spacial score (nSPS) is 14.2. The fourth-order valence-corrected chi connectivity index (χ4v) is 14.1. The molecule has 0 spiro atoms. The molecule has 0 aromatic carbocycles.